The smallest absolute Gasteiger partial charge is 0.185 e. The van der Waals surface area contributed by atoms with Gasteiger partial charge in [0, 0.05) is 24.2 Å². The van der Waals surface area contributed by atoms with E-state index in [1.807, 2.05) is 6.20 Å². The minimum absolute atomic E-state index is 0.762. The number of nitrogens with two attached hydrogens (primary N) is 1. The summed E-state index contributed by atoms with van der Waals surface area (Å²) < 4.78 is 0. The number of aromatic nitrogens is 1. The number of anilines is 1. The molecule has 0 aromatic carbocycles. The van der Waals surface area contributed by atoms with Gasteiger partial charge in [0.05, 0.1) is 0 Å². The molecule has 4 heteroatoms. The number of aryl methyl sites for hydroxylation is 1. The second-order valence-corrected chi connectivity index (χ2v) is 4.27. The lowest BCUT2D eigenvalue weighted by Gasteiger charge is -2.16. The third kappa shape index (κ3) is 2.96. The summed E-state index contributed by atoms with van der Waals surface area (Å²) in [6, 6.07) is 0. The number of nitrogens with zero attached hydrogens (tertiary/aromatic N) is 2. The normalized spacial score (nSPS) is 10.5. The number of rotatable bonds is 6. The zero-order valence-electron chi connectivity index (χ0n) is 8.99. The van der Waals surface area contributed by atoms with Crippen molar-refractivity contribution >= 4 is 16.5 Å². The van der Waals surface area contributed by atoms with E-state index in [0.717, 1.165) is 37.6 Å². The number of thiazole rings is 1. The van der Waals surface area contributed by atoms with Crippen molar-refractivity contribution in [1.82, 2.24) is 4.98 Å². The van der Waals surface area contributed by atoms with Crippen LogP contribution in [0.4, 0.5) is 5.13 Å². The summed E-state index contributed by atoms with van der Waals surface area (Å²) in [6.07, 6.45) is 4.10. The Hall–Kier alpha value is -0.610. The Morgan fingerprint density at radius 1 is 1.43 bits per heavy atom. The van der Waals surface area contributed by atoms with E-state index in [4.69, 9.17) is 5.73 Å². The molecule has 14 heavy (non-hydrogen) atoms. The van der Waals surface area contributed by atoms with Crippen LogP contribution in [0.2, 0.25) is 0 Å². The first-order valence-electron chi connectivity index (χ1n) is 5.21. The van der Waals surface area contributed by atoms with Gasteiger partial charge in [-0.2, -0.15) is 0 Å². The van der Waals surface area contributed by atoms with Crippen molar-refractivity contribution in [2.75, 3.05) is 24.5 Å². The molecule has 3 nitrogen and oxygen atoms in total. The second kappa shape index (κ2) is 5.98. The Labute approximate surface area is 89.9 Å². The van der Waals surface area contributed by atoms with Crippen LogP contribution in [0.1, 0.15) is 25.1 Å². The van der Waals surface area contributed by atoms with Crippen LogP contribution >= 0.6 is 11.3 Å². The van der Waals surface area contributed by atoms with E-state index in [1.165, 1.54) is 4.88 Å². The van der Waals surface area contributed by atoms with E-state index in [1.54, 1.807) is 11.3 Å². The van der Waals surface area contributed by atoms with Crippen LogP contribution in [0.15, 0.2) is 6.20 Å². The SMILES string of the molecule is CCN(CC)c1ncc(CCCN)s1. The summed E-state index contributed by atoms with van der Waals surface area (Å²) in [4.78, 5) is 8.03. The predicted molar refractivity (Wildman–Crippen MR) is 63.1 cm³/mol. The fourth-order valence-corrected chi connectivity index (χ4v) is 2.41. The topological polar surface area (TPSA) is 42.2 Å². The molecule has 0 atom stereocenters. The quantitative estimate of drug-likeness (QED) is 0.784. The Bertz CT molecular complexity index is 256. The van der Waals surface area contributed by atoms with Gasteiger partial charge in [-0.3, -0.25) is 0 Å². The van der Waals surface area contributed by atoms with E-state index in [0.29, 0.717) is 0 Å². The monoisotopic (exact) mass is 213 g/mol. The summed E-state index contributed by atoms with van der Waals surface area (Å²) in [5.74, 6) is 0. The summed E-state index contributed by atoms with van der Waals surface area (Å²) in [5.41, 5.74) is 5.47. The molecule has 0 saturated heterocycles. The summed E-state index contributed by atoms with van der Waals surface area (Å²) in [7, 11) is 0. The first-order chi connectivity index (χ1) is 6.81. The molecule has 0 spiro atoms. The molecule has 0 unspecified atom stereocenters. The molecule has 0 saturated carbocycles. The largest absolute Gasteiger partial charge is 0.349 e. The van der Waals surface area contributed by atoms with E-state index in [9.17, 15) is 0 Å². The van der Waals surface area contributed by atoms with Crippen LogP contribution < -0.4 is 10.6 Å². The fraction of sp³-hybridized carbons (Fsp3) is 0.700. The van der Waals surface area contributed by atoms with Crippen LogP contribution in [-0.4, -0.2) is 24.6 Å². The Balaban J connectivity index is 2.57. The lowest BCUT2D eigenvalue weighted by Crippen LogP contribution is -2.21. The van der Waals surface area contributed by atoms with Gasteiger partial charge in [-0.15, -0.1) is 11.3 Å². The van der Waals surface area contributed by atoms with E-state index < -0.39 is 0 Å². The molecule has 0 aliphatic rings. The maximum absolute atomic E-state index is 5.47. The van der Waals surface area contributed by atoms with E-state index in [-0.39, 0.29) is 0 Å². The molecule has 80 valence electrons. The average molecular weight is 213 g/mol. The number of hydrogen-bond acceptors (Lipinski definition) is 4. The van der Waals surface area contributed by atoms with Crippen molar-refractivity contribution in [1.29, 1.82) is 0 Å². The Kier molecular flexibility index (Phi) is 4.90. The van der Waals surface area contributed by atoms with Gasteiger partial charge in [0.2, 0.25) is 0 Å². The molecule has 0 fully saturated rings. The standard InChI is InChI=1S/C10H19N3S/c1-3-13(4-2)10-12-8-9(14-10)6-5-7-11/h8H,3-7,11H2,1-2H3. The van der Waals surface area contributed by atoms with Gasteiger partial charge in [0.25, 0.3) is 0 Å². The van der Waals surface area contributed by atoms with Crippen LogP contribution in [0.5, 0.6) is 0 Å². The molecule has 1 aromatic heterocycles. The average Bonchev–Trinajstić information content (AvgIpc) is 2.65. The van der Waals surface area contributed by atoms with Gasteiger partial charge in [-0.25, -0.2) is 4.98 Å². The Morgan fingerprint density at radius 3 is 2.71 bits per heavy atom. The van der Waals surface area contributed by atoms with Gasteiger partial charge in [0.1, 0.15) is 0 Å². The van der Waals surface area contributed by atoms with E-state index >= 15 is 0 Å². The van der Waals surface area contributed by atoms with Crippen molar-refractivity contribution < 1.29 is 0 Å². The van der Waals surface area contributed by atoms with Gasteiger partial charge < -0.3 is 10.6 Å². The van der Waals surface area contributed by atoms with Crippen LogP contribution in [0.3, 0.4) is 0 Å². The zero-order chi connectivity index (χ0) is 10.4. The molecule has 0 amide bonds. The third-order valence-corrected chi connectivity index (χ3v) is 3.32. The van der Waals surface area contributed by atoms with Crippen molar-refractivity contribution in [2.45, 2.75) is 26.7 Å². The highest BCUT2D eigenvalue weighted by Gasteiger charge is 2.06. The number of hydrogen-bond donors (Lipinski definition) is 1. The molecular weight excluding hydrogens is 194 g/mol. The molecule has 0 aliphatic heterocycles. The van der Waals surface area contributed by atoms with E-state index in [2.05, 4.69) is 23.7 Å². The maximum Gasteiger partial charge on any atom is 0.185 e. The highest BCUT2D eigenvalue weighted by molar-refractivity contribution is 7.15. The van der Waals surface area contributed by atoms with Crippen LogP contribution in [0, 0.1) is 0 Å². The maximum atomic E-state index is 5.47. The molecular formula is C10H19N3S. The van der Waals surface area contributed by atoms with Crippen LogP contribution in [0.25, 0.3) is 0 Å². The first kappa shape index (κ1) is 11.5. The fourth-order valence-electron chi connectivity index (χ4n) is 1.33. The van der Waals surface area contributed by atoms with Gasteiger partial charge in [0.15, 0.2) is 5.13 Å². The van der Waals surface area contributed by atoms with Crippen molar-refractivity contribution in [2.24, 2.45) is 5.73 Å². The summed E-state index contributed by atoms with van der Waals surface area (Å²) >= 11 is 1.79. The first-order valence-corrected chi connectivity index (χ1v) is 6.03. The predicted octanol–water partition coefficient (Wildman–Crippen LogP) is 1.88. The lowest BCUT2D eigenvalue weighted by atomic mass is 10.3. The zero-order valence-corrected chi connectivity index (χ0v) is 9.81. The highest BCUT2D eigenvalue weighted by atomic mass is 32.1. The van der Waals surface area contributed by atoms with Crippen molar-refractivity contribution in [3.8, 4) is 0 Å². The van der Waals surface area contributed by atoms with Gasteiger partial charge >= 0.3 is 0 Å². The minimum atomic E-state index is 0.762. The molecule has 0 bridgehead atoms. The Morgan fingerprint density at radius 2 is 2.14 bits per heavy atom. The molecule has 0 aliphatic carbocycles. The molecule has 1 aromatic rings. The van der Waals surface area contributed by atoms with Crippen molar-refractivity contribution in [3.63, 3.8) is 0 Å². The minimum Gasteiger partial charge on any atom is -0.349 e. The van der Waals surface area contributed by atoms with Gasteiger partial charge in [-0.05, 0) is 33.2 Å². The summed E-state index contributed by atoms with van der Waals surface area (Å²) in [5, 5.41) is 1.14. The highest BCUT2D eigenvalue weighted by Crippen LogP contribution is 2.22. The third-order valence-electron chi connectivity index (χ3n) is 2.20. The lowest BCUT2D eigenvalue weighted by molar-refractivity contribution is 0.840. The van der Waals surface area contributed by atoms with Crippen molar-refractivity contribution in [3.05, 3.63) is 11.1 Å². The van der Waals surface area contributed by atoms with Crippen LogP contribution in [-0.2, 0) is 6.42 Å². The molecule has 2 N–H and O–H groups in total. The molecule has 0 radical (unpaired) electrons. The molecule has 1 heterocycles. The summed E-state index contributed by atoms with van der Waals surface area (Å²) in [6.45, 7) is 7.13. The second-order valence-electron chi connectivity index (χ2n) is 3.17. The van der Waals surface area contributed by atoms with Gasteiger partial charge in [-0.1, -0.05) is 0 Å². The molecule has 1 rings (SSSR count).